The fourth-order valence-corrected chi connectivity index (χ4v) is 11.5. The number of unbranched alkanes of at least 4 members (excludes halogenated alkanes) is 1. The molecule has 4 aliphatic heterocycles. The zero-order chi connectivity index (χ0) is 69.8. The van der Waals surface area contributed by atoms with Crippen LogP contribution in [0.25, 0.3) is 0 Å². The number of ketones is 1. The molecule has 4 saturated heterocycles. The van der Waals surface area contributed by atoms with Gasteiger partial charge in [0.15, 0.2) is 25.2 Å². The van der Waals surface area contributed by atoms with E-state index in [0.29, 0.717) is 87.9 Å². The van der Waals surface area contributed by atoms with E-state index in [-0.39, 0.29) is 124 Å². The second kappa shape index (κ2) is 41.9. The first-order chi connectivity index (χ1) is 47.5. The van der Waals surface area contributed by atoms with Crippen LogP contribution in [-0.2, 0) is 114 Å². The van der Waals surface area contributed by atoms with Gasteiger partial charge in [0.05, 0.1) is 185 Å². The molecule has 0 aliphatic carbocycles. The van der Waals surface area contributed by atoms with E-state index in [4.69, 9.17) is 56.8 Å². The summed E-state index contributed by atoms with van der Waals surface area (Å²) in [5, 5.41) is 154. The molecule has 39 nitrogen and oxygen atoms in total. The molecule has 12 N–H and O–H groups in total. The maximum Gasteiger partial charge on any atom is 0.160 e. The third-order valence-corrected chi connectivity index (χ3v) is 16.8. The summed E-state index contributed by atoms with van der Waals surface area (Å²) in [6, 6.07) is -0.592. The highest BCUT2D eigenvalue weighted by molar-refractivity contribution is 5.81. The summed E-state index contributed by atoms with van der Waals surface area (Å²) in [6.07, 6.45) is -7.22. The van der Waals surface area contributed by atoms with E-state index in [2.05, 4.69) is 46.1 Å². The third-order valence-electron chi connectivity index (χ3n) is 16.8. The monoisotopic (exact) mass is 1400 g/mol. The van der Waals surface area contributed by atoms with Gasteiger partial charge < -0.3 is 118 Å². The number of Topliss-reactive ketones (excluding diaryl/α,β-unsaturated/α-hetero) is 1. The molecule has 8 heterocycles. The highest BCUT2D eigenvalue weighted by atomic mass is 16.7. The molecule has 4 aromatic heterocycles. The van der Waals surface area contributed by atoms with Crippen LogP contribution in [0.15, 0.2) is 24.8 Å². The van der Waals surface area contributed by atoms with Crippen LogP contribution in [0.4, 0.5) is 0 Å². The smallest absolute Gasteiger partial charge is 0.160 e. The van der Waals surface area contributed by atoms with Crippen molar-refractivity contribution < 1.29 is 123 Å². The summed E-state index contributed by atoms with van der Waals surface area (Å²) in [5.74, 6) is -0.0773. The van der Waals surface area contributed by atoms with Gasteiger partial charge in [-0.25, -0.2) is 18.7 Å². The maximum atomic E-state index is 13.8. The lowest BCUT2D eigenvalue weighted by Crippen LogP contribution is -2.50. The Labute approximate surface area is 565 Å². The Balaban J connectivity index is 0.853. The van der Waals surface area contributed by atoms with Crippen molar-refractivity contribution >= 4 is 5.78 Å². The van der Waals surface area contributed by atoms with E-state index in [1.54, 1.807) is 38.0 Å². The first-order valence-corrected chi connectivity index (χ1v) is 33.3. The van der Waals surface area contributed by atoms with Gasteiger partial charge in [0, 0.05) is 76.6 Å². The van der Waals surface area contributed by atoms with Gasteiger partial charge in [-0.2, -0.15) is 0 Å². The Bertz CT molecular complexity index is 2660. The second-order valence-corrected chi connectivity index (χ2v) is 24.4. The molecular formula is C59H100N14O25. The molecule has 0 unspecified atom stereocenters. The molecule has 4 aliphatic rings. The number of nitrogens with zero attached hydrogens (tertiary/aromatic N) is 14. The lowest BCUT2D eigenvalue weighted by atomic mass is 10.0. The number of rotatable bonds is 47. The highest BCUT2D eigenvalue weighted by Crippen LogP contribution is 2.26. The number of aliphatic hydroxyl groups is 12. The predicted octanol–water partition coefficient (Wildman–Crippen LogP) is -6.67. The van der Waals surface area contributed by atoms with Gasteiger partial charge in [0.1, 0.15) is 54.6 Å². The lowest BCUT2D eigenvalue weighted by molar-refractivity contribution is -0.259. The number of hydrogen-bond donors (Lipinski definition) is 12. The zero-order valence-electron chi connectivity index (χ0n) is 55.2. The van der Waals surface area contributed by atoms with E-state index >= 15 is 0 Å². The number of hydrogen-bond acceptors (Lipinski definition) is 35. The Hall–Kier alpha value is -4.81. The minimum Gasteiger partial charge on any atom is -0.394 e. The van der Waals surface area contributed by atoms with E-state index < -0.39 is 131 Å². The van der Waals surface area contributed by atoms with Crippen molar-refractivity contribution in [2.75, 3.05) is 112 Å². The summed E-state index contributed by atoms with van der Waals surface area (Å²) < 4.78 is 74.5. The molecule has 98 heavy (non-hydrogen) atoms. The summed E-state index contributed by atoms with van der Waals surface area (Å²) in [4.78, 5) is 18.0. The van der Waals surface area contributed by atoms with Crippen molar-refractivity contribution in [3.05, 3.63) is 47.6 Å². The first kappa shape index (κ1) is 78.9. The quantitative estimate of drug-likeness (QED) is 0.0183. The highest BCUT2D eigenvalue weighted by Gasteiger charge is 2.40. The van der Waals surface area contributed by atoms with Gasteiger partial charge >= 0.3 is 0 Å². The number of carbonyl (C=O) groups is 1. The number of aliphatic hydroxyl groups excluding tert-OH is 12. The SMILES string of the molecule is CC(=O)[C@@H](CCCCN(Cc1cn(CCOCCO[C@H]2C[C@@H](O)[C@@H](O)[C@@H](CO)O2)nn1)Cc1cn(CCOCCO[C@H]2C[C@@H](O)[C@@H](O)[C@@H](CO)O2)nn1)N(Cc1cn(CCOCCO[C@H]2C[C@@H](O)[C@@H](O)[C@@H](CO)O2)nn1)Cc1cn(CCOCCO[C@H]2C[C@@H](O)[C@@H](O)[C@@H](CO)O2)nn1. The molecule has 0 aromatic carbocycles. The van der Waals surface area contributed by atoms with Gasteiger partial charge in [-0.05, 0) is 26.3 Å². The topological polar surface area (TPSA) is 500 Å². The molecule has 17 atom stereocenters. The summed E-state index contributed by atoms with van der Waals surface area (Å²) in [7, 11) is 0. The normalized spacial score (nSPS) is 28.2. The molecule has 4 aromatic rings. The molecule has 39 heteroatoms. The minimum absolute atomic E-state index is 0.0404. The van der Waals surface area contributed by atoms with Gasteiger partial charge in [-0.1, -0.05) is 27.3 Å². The molecule has 0 amide bonds. The summed E-state index contributed by atoms with van der Waals surface area (Å²) in [5.41, 5.74) is 2.51. The number of carbonyl (C=O) groups excluding carboxylic acids is 1. The van der Waals surface area contributed by atoms with Crippen LogP contribution >= 0.6 is 0 Å². The van der Waals surface area contributed by atoms with Gasteiger partial charge in [-0.3, -0.25) is 14.6 Å². The van der Waals surface area contributed by atoms with Crippen molar-refractivity contribution in [3.8, 4) is 0 Å². The molecule has 0 bridgehead atoms. The third kappa shape index (κ3) is 25.6. The minimum atomic E-state index is -1.22. The zero-order valence-corrected chi connectivity index (χ0v) is 55.2. The van der Waals surface area contributed by atoms with Crippen LogP contribution < -0.4 is 0 Å². The van der Waals surface area contributed by atoms with Crippen LogP contribution in [-0.4, -0.2) is 354 Å². The van der Waals surface area contributed by atoms with Crippen LogP contribution in [0, 0.1) is 0 Å². The predicted molar refractivity (Wildman–Crippen MR) is 328 cm³/mol. The van der Waals surface area contributed by atoms with E-state index in [0.717, 1.165) is 0 Å². The average Bonchev–Trinajstić information content (AvgIpc) is 1.46. The molecule has 0 spiro atoms. The van der Waals surface area contributed by atoms with Crippen molar-refractivity contribution in [2.45, 2.75) is 209 Å². The van der Waals surface area contributed by atoms with Gasteiger partial charge in [0.25, 0.3) is 0 Å². The van der Waals surface area contributed by atoms with Crippen LogP contribution in [0.2, 0.25) is 0 Å². The van der Waals surface area contributed by atoms with Gasteiger partial charge in [0.2, 0.25) is 0 Å². The van der Waals surface area contributed by atoms with Crippen LogP contribution in [0.5, 0.6) is 0 Å². The van der Waals surface area contributed by atoms with Crippen molar-refractivity contribution in [1.82, 2.24) is 69.8 Å². The Kier molecular flexibility index (Phi) is 33.8. The first-order valence-electron chi connectivity index (χ1n) is 33.3. The van der Waals surface area contributed by atoms with Crippen LogP contribution in [0.3, 0.4) is 0 Å². The van der Waals surface area contributed by atoms with E-state index in [1.165, 1.54) is 0 Å². The molecular weight excluding hydrogens is 1300 g/mol. The lowest BCUT2D eigenvalue weighted by Gasteiger charge is -2.35. The standard InChI is InChI=1S/C59H100N14O25/c1-38(78)43(69(28-41-32-72(66-62-41)8-12-89-16-20-93-54-24-46(81)58(85)50(36-76)97-54)29-42-33-73(67-63-42)9-13-90-17-21-94-55-25-47(82)59(86)51(37-77)98-55)4-2-3-5-68(26-39-30-70(64-60-39)6-10-87-14-18-91-52-22-44(79)56(83)48(34-74)95-52)27-40-31-71(65-61-40)7-11-88-15-19-92-53-23-45(80)57(84)49(35-75)96-53/h30-33,43-59,74-77,79-86H,2-29,34-37H2,1H3/t43-,44-,45-,46-,47-,48-,49-,50-,51-,52-,53-,54-,55-,56-,57-,58-,59-/m1/s1. The van der Waals surface area contributed by atoms with Crippen molar-refractivity contribution in [3.63, 3.8) is 0 Å². The average molecular weight is 1410 g/mol. The number of ether oxygens (including phenoxy) is 12. The summed E-state index contributed by atoms with van der Waals surface area (Å²) in [6.45, 7) is 5.24. The largest absolute Gasteiger partial charge is 0.394 e. The fraction of sp³-hybridized carbons (Fsp3) is 0.847. The summed E-state index contributed by atoms with van der Waals surface area (Å²) >= 11 is 0. The van der Waals surface area contributed by atoms with Crippen LogP contribution in [0.1, 0.15) is 74.6 Å². The van der Waals surface area contributed by atoms with E-state index in [1.807, 2.05) is 17.3 Å². The fourth-order valence-electron chi connectivity index (χ4n) is 11.5. The second-order valence-electron chi connectivity index (χ2n) is 24.4. The van der Waals surface area contributed by atoms with Crippen molar-refractivity contribution in [2.24, 2.45) is 0 Å². The van der Waals surface area contributed by atoms with E-state index in [9.17, 15) is 66.1 Å². The maximum absolute atomic E-state index is 13.8. The molecule has 0 saturated carbocycles. The Morgan fingerprint density at radius 1 is 0.439 bits per heavy atom. The molecule has 4 fully saturated rings. The van der Waals surface area contributed by atoms with Crippen molar-refractivity contribution in [1.29, 1.82) is 0 Å². The molecule has 0 radical (unpaired) electrons. The van der Waals surface area contributed by atoms with Gasteiger partial charge in [-0.15, -0.1) is 20.4 Å². The Morgan fingerprint density at radius 3 is 1.00 bits per heavy atom. The molecule has 8 rings (SSSR count). The molecule has 556 valence electrons. The number of aromatic nitrogens is 12. The Morgan fingerprint density at radius 2 is 0.724 bits per heavy atom.